The highest BCUT2D eigenvalue weighted by molar-refractivity contribution is 5.85. The first-order valence-electron chi connectivity index (χ1n) is 6.77. The predicted octanol–water partition coefficient (Wildman–Crippen LogP) is 1.89. The van der Waals surface area contributed by atoms with Crippen molar-refractivity contribution >= 4 is 17.3 Å². The van der Waals surface area contributed by atoms with Gasteiger partial charge < -0.3 is 10.2 Å². The van der Waals surface area contributed by atoms with Crippen LogP contribution in [0, 0.1) is 21.4 Å². The molecule has 1 heterocycles. The third-order valence-corrected chi connectivity index (χ3v) is 3.49. The predicted molar refractivity (Wildman–Crippen MR) is 76.7 cm³/mol. The third kappa shape index (κ3) is 3.28. The van der Waals surface area contributed by atoms with Gasteiger partial charge in [0.1, 0.15) is 12.1 Å². The Balaban J connectivity index is 2.13. The lowest BCUT2D eigenvalue weighted by molar-refractivity contribution is -0.384. The molecular weight excluding hydrogens is 272 g/mol. The number of nitrogens with one attached hydrogen (secondary N) is 1. The molecule has 0 saturated carbocycles. The van der Waals surface area contributed by atoms with E-state index >= 15 is 0 Å². The number of likely N-dealkylation sites (tertiary alicyclic amines) is 1. The average molecular weight is 288 g/mol. The fraction of sp³-hybridized carbons (Fsp3) is 0.429. The van der Waals surface area contributed by atoms with Crippen molar-refractivity contribution in [2.75, 3.05) is 18.4 Å². The van der Waals surface area contributed by atoms with E-state index in [-0.39, 0.29) is 17.2 Å². The molecule has 1 unspecified atom stereocenters. The van der Waals surface area contributed by atoms with Crippen molar-refractivity contribution in [3.05, 3.63) is 33.9 Å². The molecule has 1 aromatic rings. The Bertz CT molecular complexity index is 603. The van der Waals surface area contributed by atoms with Gasteiger partial charge in [-0.2, -0.15) is 5.26 Å². The summed E-state index contributed by atoms with van der Waals surface area (Å²) in [5.74, 6) is -0.0188. The zero-order chi connectivity index (χ0) is 15.4. The third-order valence-electron chi connectivity index (χ3n) is 3.49. The first-order valence-corrected chi connectivity index (χ1v) is 6.77. The lowest BCUT2D eigenvalue weighted by Crippen LogP contribution is -2.39. The van der Waals surface area contributed by atoms with Crippen LogP contribution in [-0.2, 0) is 4.79 Å². The number of rotatable bonds is 4. The molecule has 0 radical (unpaired) electrons. The number of nitro groups is 1. The van der Waals surface area contributed by atoms with Gasteiger partial charge in [0.15, 0.2) is 0 Å². The second kappa shape index (κ2) is 6.22. The number of nitrogens with zero attached hydrogens (tertiary/aromatic N) is 3. The molecule has 7 nitrogen and oxygen atoms in total. The van der Waals surface area contributed by atoms with Crippen LogP contribution in [0.4, 0.5) is 11.4 Å². The van der Waals surface area contributed by atoms with Crippen LogP contribution < -0.4 is 5.32 Å². The zero-order valence-corrected chi connectivity index (χ0v) is 11.7. The minimum Gasteiger partial charge on any atom is -0.373 e. The van der Waals surface area contributed by atoms with E-state index in [0.29, 0.717) is 5.69 Å². The molecule has 2 rings (SSSR count). The van der Waals surface area contributed by atoms with Gasteiger partial charge in [-0.05, 0) is 25.8 Å². The van der Waals surface area contributed by atoms with Gasteiger partial charge in [-0.3, -0.25) is 14.9 Å². The van der Waals surface area contributed by atoms with Gasteiger partial charge in [-0.15, -0.1) is 0 Å². The van der Waals surface area contributed by atoms with E-state index in [9.17, 15) is 14.9 Å². The van der Waals surface area contributed by atoms with E-state index in [2.05, 4.69) is 5.32 Å². The Morgan fingerprint density at radius 1 is 1.48 bits per heavy atom. The van der Waals surface area contributed by atoms with Gasteiger partial charge in [-0.1, -0.05) is 0 Å². The summed E-state index contributed by atoms with van der Waals surface area (Å²) in [6.07, 6.45) is 2.03. The van der Waals surface area contributed by atoms with Crippen molar-refractivity contribution in [1.29, 1.82) is 5.26 Å². The number of hydrogen-bond acceptors (Lipinski definition) is 5. The van der Waals surface area contributed by atoms with Crippen LogP contribution in [0.25, 0.3) is 0 Å². The quantitative estimate of drug-likeness (QED) is 0.673. The van der Waals surface area contributed by atoms with Gasteiger partial charge in [0, 0.05) is 25.2 Å². The summed E-state index contributed by atoms with van der Waals surface area (Å²) in [4.78, 5) is 24.1. The Kier molecular flexibility index (Phi) is 4.38. The Hall–Kier alpha value is -2.62. The van der Waals surface area contributed by atoms with Gasteiger partial charge in [-0.25, -0.2) is 0 Å². The fourth-order valence-corrected chi connectivity index (χ4v) is 2.37. The monoisotopic (exact) mass is 288 g/mol. The first kappa shape index (κ1) is 14.8. The van der Waals surface area contributed by atoms with E-state index in [1.54, 1.807) is 11.8 Å². The molecule has 1 aliphatic heterocycles. The molecule has 1 fully saturated rings. The number of nitro benzene ring substituents is 1. The highest BCUT2D eigenvalue weighted by Gasteiger charge is 2.24. The Labute approximate surface area is 122 Å². The summed E-state index contributed by atoms with van der Waals surface area (Å²) in [5.41, 5.74) is 0.448. The Morgan fingerprint density at radius 2 is 2.14 bits per heavy atom. The standard InChI is InChI=1S/C14H16N4O3/c1-10(14(19)17-6-2-3-7-17)16-13-5-4-12(18(20)21)8-11(13)9-15/h4-5,8,10,16H,2-3,6-7H2,1H3. The van der Waals surface area contributed by atoms with Crippen LogP contribution in [0.3, 0.4) is 0 Å². The molecule has 0 spiro atoms. The molecule has 1 aliphatic rings. The van der Waals surface area contributed by atoms with Crippen molar-refractivity contribution in [1.82, 2.24) is 4.90 Å². The maximum absolute atomic E-state index is 12.2. The second-order valence-electron chi connectivity index (χ2n) is 5.00. The summed E-state index contributed by atoms with van der Waals surface area (Å²) < 4.78 is 0. The number of non-ortho nitro benzene ring substituents is 1. The number of anilines is 1. The second-order valence-corrected chi connectivity index (χ2v) is 5.00. The van der Waals surface area contributed by atoms with Crippen molar-refractivity contribution in [2.45, 2.75) is 25.8 Å². The van der Waals surface area contributed by atoms with Crippen LogP contribution in [0.15, 0.2) is 18.2 Å². The van der Waals surface area contributed by atoms with E-state index in [1.165, 1.54) is 18.2 Å². The number of benzene rings is 1. The molecule has 1 aromatic carbocycles. The minimum absolute atomic E-state index is 0.0188. The molecule has 1 N–H and O–H groups in total. The van der Waals surface area contributed by atoms with Gasteiger partial charge in [0.05, 0.1) is 16.2 Å². The first-order chi connectivity index (χ1) is 10.0. The van der Waals surface area contributed by atoms with Crippen LogP contribution in [0.2, 0.25) is 0 Å². The van der Waals surface area contributed by atoms with Crippen LogP contribution in [0.5, 0.6) is 0 Å². The molecule has 1 saturated heterocycles. The highest BCUT2D eigenvalue weighted by atomic mass is 16.6. The van der Waals surface area contributed by atoms with Crippen molar-refractivity contribution < 1.29 is 9.72 Å². The van der Waals surface area contributed by atoms with Gasteiger partial charge in [0.25, 0.3) is 5.69 Å². The summed E-state index contributed by atoms with van der Waals surface area (Å²) in [6.45, 7) is 3.25. The zero-order valence-electron chi connectivity index (χ0n) is 11.7. The van der Waals surface area contributed by atoms with E-state index in [1.807, 2.05) is 6.07 Å². The van der Waals surface area contributed by atoms with Crippen molar-refractivity contribution in [3.8, 4) is 6.07 Å². The molecule has 21 heavy (non-hydrogen) atoms. The average Bonchev–Trinajstić information content (AvgIpc) is 3.00. The van der Waals surface area contributed by atoms with Crippen molar-refractivity contribution in [2.24, 2.45) is 0 Å². The molecule has 110 valence electrons. The topological polar surface area (TPSA) is 99.3 Å². The lowest BCUT2D eigenvalue weighted by Gasteiger charge is -2.22. The number of carbonyl (C=O) groups excluding carboxylic acids is 1. The van der Waals surface area contributed by atoms with E-state index in [4.69, 9.17) is 5.26 Å². The summed E-state index contributed by atoms with van der Waals surface area (Å²) >= 11 is 0. The summed E-state index contributed by atoms with van der Waals surface area (Å²) in [5, 5.41) is 22.7. The molecule has 0 bridgehead atoms. The van der Waals surface area contributed by atoms with Crippen LogP contribution in [0.1, 0.15) is 25.3 Å². The Morgan fingerprint density at radius 3 is 2.71 bits per heavy atom. The summed E-state index contributed by atoms with van der Waals surface area (Å²) in [7, 11) is 0. The molecule has 0 aliphatic carbocycles. The number of amides is 1. The molecule has 0 aromatic heterocycles. The maximum Gasteiger partial charge on any atom is 0.270 e. The van der Waals surface area contributed by atoms with Crippen LogP contribution >= 0.6 is 0 Å². The smallest absolute Gasteiger partial charge is 0.270 e. The minimum atomic E-state index is -0.552. The highest BCUT2D eigenvalue weighted by Crippen LogP contribution is 2.22. The molecule has 1 amide bonds. The van der Waals surface area contributed by atoms with Crippen molar-refractivity contribution in [3.63, 3.8) is 0 Å². The number of carbonyl (C=O) groups is 1. The number of hydrogen-bond donors (Lipinski definition) is 1. The van der Waals surface area contributed by atoms with Gasteiger partial charge in [0.2, 0.25) is 5.91 Å². The molecule has 7 heteroatoms. The maximum atomic E-state index is 12.2. The fourth-order valence-electron chi connectivity index (χ4n) is 2.37. The molecule has 1 atom stereocenters. The number of nitriles is 1. The lowest BCUT2D eigenvalue weighted by atomic mass is 10.1. The summed E-state index contributed by atoms with van der Waals surface area (Å²) in [6, 6.07) is 5.42. The van der Waals surface area contributed by atoms with Gasteiger partial charge >= 0.3 is 0 Å². The van der Waals surface area contributed by atoms with Crippen LogP contribution in [-0.4, -0.2) is 34.9 Å². The van der Waals surface area contributed by atoms with E-state index < -0.39 is 11.0 Å². The SMILES string of the molecule is CC(Nc1ccc([N+](=O)[O-])cc1C#N)C(=O)N1CCCC1. The molecular formula is C14H16N4O3. The normalized spacial score (nSPS) is 15.3. The van der Waals surface area contributed by atoms with E-state index in [0.717, 1.165) is 25.9 Å². The largest absolute Gasteiger partial charge is 0.373 e.